The van der Waals surface area contributed by atoms with Crippen LogP contribution in [0.15, 0.2) is 36.5 Å². The summed E-state index contributed by atoms with van der Waals surface area (Å²) in [5.41, 5.74) is 2.17. The Labute approximate surface area is 159 Å². The molecule has 0 bridgehead atoms. The Morgan fingerprint density at radius 3 is 2.70 bits per heavy atom. The minimum atomic E-state index is -0.162. The molecule has 1 atom stereocenters. The van der Waals surface area contributed by atoms with Crippen molar-refractivity contribution in [2.75, 3.05) is 31.5 Å². The van der Waals surface area contributed by atoms with Crippen LogP contribution in [0.25, 0.3) is 0 Å². The Morgan fingerprint density at radius 1 is 1.26 bits per heavy atom. The highest BCUT2D eigenvalue weighted by Crippen LogP contribution is 2.31. The van der Waals surface area contributed by atoms with E-state index in [4.69, 9.17) is 0 Å². The van der Waals surface area contributed by atoms with Gasteiger partial charge in [-0.1, -0.05) is 18.2 Å². The molecule has 1 aromatic heterocycles. The van der Waals surface area contributed by atoms with Gasteiger partial charge in [-0.25, -0.2) is 4.79 Å². The van der Waals surface area contributed by atoms with Gasteiger partial charge in [-0.15, -0.1) is 0 Å². The molecule has 0 radical (unpaired) electrons. The highest BCUT2D eigenvalue weighted by molar-refractivity contribution is 6.04. The molecule has 1 fully saturated rings. The van der Waals surface area contributed by atoms with Crippen LogP contribution in [0.1, 0.15) is 48.7 Å². The molecule has 7 heteroatoms. The van der Waals surface area contributed by atoms with Gasteiger partial charge in [0.15, 0.2) is 0 Å². The van der Waals surface area contributed by atoms with E-state index >= 15 is 0 Å². The monoisotopic (exact) mass is 369 g/mol. The normalized spacial score (nSPS) is 16.8. The van der Waals surface area contributed by atoms with Crippen molar-refractivity contribution in [3.05, 3.63) is 47.8 Å². The van der Waals surface area contributed by atoms with Crippen LogP contribution in [0.2, 0.25) is 0 Å². The zero-order valence-electron chi connectivity index (χ0n) is 15.9. The van der Waals surface area contributed by atoms with Gasteiger partial charge in [0, 0.05) is 37.7 Å². The second-order valence-corrected chi connectivity index (χ2v) is 6.76. The fraction of sp³-hybridized carbons (Fsp3) is 0.450. The molecule has 2 heterocycles. The number of urea groups is 1. The number of aromatic nitrogens is 2. The molecule has 1 unspecified atom stereocenters. The van der Waals surface area contributed by atoms with E-state index in [0.717, 1.165) is 25.1 Å². The highest BCUT2D eigenvalue weighted by Gasteiger charge is 2.29. The first-order valence-corrected chi connectivity index (χ1v) is 9.57. The number of carbonyl (C=O) groups excluding carboxylic acids is 2. The molecule has 27 heavy (non-hydrogen) atoms. The molecule has 3 rings (SSSR count). The molecule has 0 aliphatic carbocycles. The second-order valence-electron chi connectivity index (χ2n) is 6.76. The van der Waals surface area contributed by atoms with E-state index in [1.807, 2.05) is 41.8 Å². The number of likely N-dealkylation sites (tertiary alicyclic amines) is 1. The number of piperidine rings is 1. The molecule has 1 aliphatic heterocycles. The van der Waals surface area contributed by atoms with E-state index in [1.54, 1.807) is 18.3 Å². The van der Waals surface area contributed by atoms with Crippen molar-refractivity contribution in [3.63, 3.8) is 0 Å². The summed E-state index contributed by atoms with van der Waals surface area (Å²) >= 11 is 0. The molecule has 0 spiro atoms. The predicted molar refractivity (Wildman–Crippen MR) is 105 cm³/mol. The third kappa shape index (κ3) is 4.30. The van der Waals surface area contributed by atoms with E-state index < -0.39 is 0 Å². The number of rotatable bonds is 5. The Balaban J connectivity index is 1.71. The first kappa shape index (κ1) is 18.9. The number of anilines is 1. The van der Waals surface area contributed by atoms with Gasteiger partial charge in [0.05, 0.1) is 17.6 Å². The van der Waals surface area contributed by atoms with Crippen LogP contribution in [0.5, 0.6) is 0 Å². The molecule has 2 aromatic rings. The zero-order chi connectivity index (χ0) is 19.2. The van der Waals surface area contributed by atoms with Gasteiger partial charge in [0.1, 0.15) is 0 Å². The summed E-state index contributed by atoms with van der Waals surface area (Å²) in [5, 5.41) is 10.1. The van der Waals surface area contributed by atoms with Crippen molar-refractivity contribution in [1.82, 2.24) is 20.0 Å². The van der Waals surface area contributed by atoms with Gasteiger partial charge in [-0.3, -0.25) is 9.89 Å². The molecular weight excluding hydrogens is 342 g/mol. The molecule has 2 N–H and O–H groups in total. The average Bonchev–Trinajstić information content (AvgIpc) is 3.17. The summed E-state index contributed by atoms with van der Waals surface area (Å²) < 4.78 is 0. The van der Waals surface area contributed by atoms with Gasteiger partial charge < -0.3 is 15.1 Å². The molecule has 1 aliphatic rings. The third-order valence-corrected chi connectivity index (χ3v) is 5.09. The number of benzene rings is 1. The number of amides is 3. The van der Waals surface area contributed by atoms with Crippen LogP contribution in [-0.4, -0.2) is 58.1 Å². The lowest BCUT2D eigenvalue weighted by atomic mass is 9.94. The minimum absolute atomic E-state index is 0.0825. The van der Waals surface area contributed by atoms with Crippen LogP contribution in [0.4, 0.5) is 10.5 Å². The predicted octanol–water partition coefficient (Wildman–Crippen LogP) is 3.30. The number of H-pyrrole nitrogens is 1. The van der Waals surface area contributed by atoms with Gasteiger partial charge in [-0.2, -0.15) is 5.10 Å². The molecule has 1 saturated heterocycles. The smallest absolute Gasteiger partial charge is 0.319 e. The first-order valence-electron chi connectivity index (χ1n) is 9.57. The van der Waals surface area contributed by atoms with Gasteiger partial charge >= 0.3 is 6.03 Å². The van der Waals surface area contributed by atoms with Gasteiger partial charge in [0.25, 0.3) is 5.91 Å². The summed E-state index contributed by atoms with van der Waals surface area (Å²) in [5.74, 6) is -0.0306. The molecular formula is C20H27N5O2. The lowest BCUT2D eigenvalue weighted by Gasteiger charge is -2.35. The highest BCUT2D eigenvalue weighted by atomic mass is 16.2. The standard InChI is InChI=1S/C20H27N5O2/c1-3-24(4-2)20(27)25-12-8-11-16(14-25)18-17(13-21-23-18)22-19(26)15-9-6-5-7-10-15/h5-7,9-10,13,16H,3-4,8,11-12,14H2,1-2H3,(H,21,23)(H,22,26). The van der Waals surface area contributed by atoms with E-state index in [1.165, 1.54) is 0 Å². The summed E-state index contributed by atoms with van der Waals surface area (Å²) in [6, 6.07) is 9.19. The molecule has 3 amide bonds. The topological polar surface area (TPSA) is 81.3 Å². The fourth-order valence-electron chi connectivity index (χ4n) is 3.57. The minimum Gasteiger partial charge on any atom is -0.325 e. The Kier molecular flexibility index (Phi) is 6.11. The van der Waals surface area contributed by atoms with E-state index in [-0.39, 0.29) is 17.9 Å². The summed E-state index contributed by atoms with van der Waals surface area (Å²) in [6.45, 7) is 6.80. The molecule has 1 aromatic carbocycles. The number of nitrogens with one attached hydrogen (secondary N) is 2. The van der Waals surface area contributed by atoms with Crippen molar-refractivity contribution in [2.45, 2.75) is 32.6 Å². The Bertz CT molecular complexity index is 770. The lowest BCUT2D eigenvalue weighted by Crippen LogP contribution is -2.47. The number of carbonyl (C=O) groups is 2. The van der Waals surface area contributed by atoms with Gasteiger partial charge in [-0.05, 0) is 38.8 Å². The average molecular weight is 369 g/mol. The Morgan fingerprint density at radius 2 is 2.00 bits per heavy atom. The first-order chi connectivity index (χ1) is 13.1. The third-order valence-electron chi connectivity index (χ3n) is 5.09. The summed E-state index contributed by atoms with van der Waals surface area (Å²) in [7, 11) is 0. The fourth-order valence-corrected chi connectivity index (χ4v) is 3.57. The molecule has 7 nitrogen and oxygen atoms in total. The zero-order valence-corrected chi connectivity index (χ0v) is 15.9. The van der Waals surface area contributed by atoms with E-state index in [2.05, 4.69) is 15.5 Å². The summed E-state index contributed by atoms with van der Waals surface area (Å²) in [6.07, 6.45) is 3.53. The molecule has 144 valence electrons. The number of aromatic amines is 1. The van der Waals surface area contributed by atoms with Crippen LogP contribution < -0.4 is 5.32 Å². The number of hydrogen-bond donors (Lipinski definition) is 2. The molecule has 0 saturated carbocycles. The van der Waals surface area contributed by atoms with Gasteiger partial charge in [0.2, 0.25) is 0 Å². The van der Waals surface area contributed by atoms with E-state index in [9.17, 15) is 9.59 Å². The number of nitrogens with zero attached hydrogens (tertiary/aromatic N) is 3. The van der Waals surface area contributed by atoms with E-state index in [0.29, 0.717) is 30.9 Å². The van der Waals surface area contributed by atoms with Crippen molar-refractivity contribution in [1.29, 1.82) is 0 Å². The van der Waals surface area contributed by atoms with Crippen LogP contribution >= 0.6 is 0 Å². The van der Waals surface area contributed by atoms with Crippen LogP contribution in [0, 0.1) is 0 Å². The lowest BCUT2D eigenvalue weighted by molar-refractivity contribution is 0.102. The van der Waals surface area contributed by atoms with Crippen molar-refractivity contribution in [3.8, 4) is 0 Å². The maximum atomic E-state index is 12.7. The van der Waals surface area contributed by atoms with Crippen molar-refractivity contribution >= 4 is 17.6 Å². The van der Waals surface area contributed by atoms with Crippen LogP contribution in [0.3, 0.4) is 0 Å². The largest absolute Gasteiger partial charge is 0.325 e. The number of hydrogen-bond acceptors (Lipinski definition) is 3. The second kappa shape index (κ2) is 8.70. The SMILES string of the molecule is CCN(CC)C(=O)N1CCCC(c2[nH]ncc2NC(=O)c2ccccc2)C1. The van der Waals surface area contributed by atoms with Crippen molar-refractivity contribution in [2.24, 2.45) is 0 Å². The Hall–Kier alpha value is -2.83. The summed E-state index contributed by atoms with van der Waals surface area (Å²) in [4.78, 5) is 28.9. The maximum Gasteiger partial charge on any atom is 0.319 e. The van der Waals surface area contributed by atoms with Crippen molar-refractivity contribution < 1.29 is 9.59 Å². The quantitative estimate of drug-likeness (QED) is 0.848. The van der Waals surface area contributed by atoms with Crippen LogP contribution in [-0.2, 0) is 0 Å². The maximum absolute atomic E-state index is 12.7.